The van der Waals surface area contributed by atoms with Crippen molar-refractivity contribution < 1.29 is 43.2 Å². The maximum atomic E-state index is 12.4. The summed E-state index contributed by atoms with van der Waals surface area (Å²) in [5, 5.41) is 9.58. The third kappa shape index (κ3) is 11.1. The summed E-state index contributed by atoms with van der Waals surface area (Å²) in [5.74, 6) is -2.99. The molecule has 10 heteroatoms. The van der Waals surface area contributed by atoms with E-state index in [1.165, 1.54) is 12.1 Å². The van der Waals surface area contributed by atoms with E-state index in [-0.39, 0.29) is 49.2 Å². The van der Waals surface area contributed by atoms with E-state index in [0.717, 1.165) is 0 Å². The standard InChI is InChI=1S/C26H39NO9/c1-7-10-33-26(32)34-17(6)13-19(24(27)25(30)31)18-8-9-20(35-22(28)11-15(2)3)21(14-18)36-23(29)12-16(4)5/h8-9,14-17,19,24H,7,10-13,27H2,1-6H3,(H,30,31)/t17?,19?,24-/m0/s1. The monoisotopic (exact) mass is 509 g/mol. The van der Waals surface area contributed by atoms with Gasteiger partial charge in [0.2, 0.25) is 0 Å². The van der Waals surface area contributed by atoms with Gasteiger partial charge < -0.3 is 29.8 Å². The quantitative estimate of drug-likeness (QED) is 0.272. The number of carboxylic acid groups (broad SMARTS) is 1. The number of rotatable bonds is 14. The second kappa shape index (κ2) is 15.1. The molecule has 0 saturated heterocycles. The highest BCUT2D eigenvalue weighted by Crippen LogP contribution is 2.35. The van der Waals surface area contributed by atoms with E-state index in [4.69, 9.17) is 24.7 Å². The number of nitrogens with two attached hydrogens (primary N) is 1. The van der Waals surface area contributed by atoms with Crippen LogP contribution in [-0.4, -0.2) is 47.9 Å². The molecule has 0 aromatic heterocycles. The van der Waals surface area contributed by atoms with Gasteiger partial charge in [0.15, 0.2) is 11.5 Å². The summed E-state index contributed by atoms with van der Waals surface area (Å²) in [6.45, 7) is 11.1. The van der Waals surface area contributed by atoms with Gasteiger partial charge in [0.1, 0.15) is 12.1 Å². The fourth-order valence-electron chi connectivity index (χ4n) is 3.37. The van der Waals surface area contributed by atoms with Crippen LogP contribution in [0.4, 0.5) is 4.79 Å². The van der Waals surface area contributed by atoms with Crippen molar-refractivity contribution >= 4 is 24.1 Å². The molecule has 2 unspecified atom stereocenters. The lowest BCUT2D eigenvalue weighted by Crippen LogP contribution is -2.38. The normalized spacial score (nSPS) is 13.6. The molecular weight excluding hydrogens is 470 g/mol. The van der Waals surface area contributed by atoms with Crippen LogP contribution in [0.5, 0.6) is 11.5 Å². The lowest BCUT2D eigenvalue weighted by atomic mass is 9.87. The first-order chi connectivity index (χ1) is 16.8. The van der Waals surface area contributed by atoms with E-state index in [1.54, 1.807) is 13.0 Å². The van der Waals surface area contributed by atoms with Gasteiger partial charge in [0.25, 0.3) is 0 Å². The predicted octanol–water partition coefficient (Wildman–Crippen LogP) is 4.43. The van der Waals surface area contributed by atoms with Gasteiger partial charge in [0, 0.05) is 18.8 Å². The first-order valence-corrected chi connectivity index (χ1v) is 12.2. The van der Waals surface area contributed by atoms with Crippen LogP contribution in [0.15, 0.2) is 18.2 Å². The predicted molar refractivity (Wildman–Crippen MR) is 132 cm³/mol. The van der Waals surface area contributed by atoms with Crippen LogP contribution in [0.2, 0.25) is 0 Å². The Balaban J connectivity index is 3.30. The molecule has 0 saturated carbocycles. The molecule has 0 fully saturated rings. The fraction of sp³-hybridized carbons (Fsp3) is 0.615. The topological polar surface area (TPSA) is 151 Å². The molecule has 0 radical (unpaired) electrons. The number of ether oxygens (including phenoxy) is 4. The Morgan fingerprint density at radius 3 is 1.97 bits per heavy atom. The van der Waals surface area contributed by atoms with E-state index in [1.807, 2.05) is 34.6 Å². The van der Waals surface area contributed by atoms with Crippen molar-refractivity contribution in [1.82, 2.24) is 0 Å². The van der Waals surface area contributed by atoms with Gasteiger partial charge in [-0.05, 0) is 49.3 Å². The summed E-state index contributed by atoms with van der Waals surface area (Å²) < 4.78 is 21.1. The molecule has 0 amide bonds. The van der Waals surface area contributed by atoms with Gasteiger partial charge in [-0.3, -0.25) is 14.4 Å². The molecule has 3 atom stereocenters. The van der Waals surface area contributed by atoms with E-state index in [9.17, 15) is 24.3 Å². The van der Waals surface area contributed by atoms with Crippen LogP contribution < -0.4 is 15.2 Å². The number of carbonyl (C=O) groups is 4. The van der Waals surface area contributed by atoms with Crippen LogP contribution in [0, 0.1) is 11.8 Å². The molecule has 1 rings (SSSR count). The van der Waals surface area contributed by atoms with Crippen molar-refractivity contribution in [2.45, 2.75) is 85.3 Å². The van der Waals surface area contributed by atoms with Gasteiger partial charge >= 0.3 is 24.1 Å². The lowest BCUT2D eigenvalue weighted by molar-refractivity contribution is -0.139. The highest BCUT2D eigenvalue weighted by Gasteiger charge is 2.30. The van der Waals surface area contributed by atoms with Gasteiger partial charge in [-0.25, -0.2) is 4.79 Å². The molecule has 3 N–H and O–H groups in total. The SMILES string of the molecule is CCCOC(=O)OC(C)CC(c1ccc(OC(=O)CC(C)C)c(OC(=O)CC(C)C)c1)[C@H](N)C(=O)O. The van der Waals surface area contributed by atoms with Crippen molar-refractivity contribution in [1.29, 1.82) is 0 Å². The van der Waals surface area contributed by atoms with Crippen molar-refractivity contribution in [3.63, 3.8) is 0 Å². The van der Waals surface area contributed by atoms with Crippen molar-refractivity contribution in [2.24, 2.45) is 17.6 Å². The van der Waals surface area contributed by atoms with Crippen molar-refractivity contribution in [2.75, 3.05) is 6.61 Å². The lowest BCUT2D eigenvalue weighted by Gasteiger charge is -2.25. The van der Waals surface area contributed by atoms with Crippen LogP contribution in [0.3, 0.4) is 0 Å². The molecule has 0 bridgehead atoms. The Hall–Kier alpha value is -3.14. The Morgan fingerprint density at radius 2 is 1.47 bits per heavy atom. The fourth-order valence-corrected chi connectivity index (χ4v) is 3.37. The largest absolute Gasteiger partial charge is 0.508 e. The zero-order chi connectivity index (χ0) is 27.4. The van der Waals surface area contributed by atoms with E-state index >= 15 is 0 Å². The van der Waals surface area contributed by atoms with Crippen LogP contribution >= 0.6 is 0 Å². The average molecular weight is 510 g/mol. The third-order valence-corrected chi connectivity index (χ3v) is 5.02. The molecule has 1 aromatic rings. The number of esters is 2. The molecule has 1 aromatic carbocycles. The van der Waals surface area contributed by atoms with E-state index in [0.29, 0.717) is 12.0 Å². The van der Waals surface area contributed by atoms with Crippen LogP contribution in [0.1, 0.15) is 78.7 Å². The minimum absolute atomic E-state index is 0.0197. The Morgan fingerprint density at radius 1 is 0.917 bits per heavy atom. The summed E-state index contributed by atoms with van der Waals surface area (Å²) in [6, 6.07) is 3.07. The molecular formula is C26H39NO9. The van der Waals surface area contributed by atoms with E-state index < -0.39 is 42.1 Å². The number of carboxylic acids is 1. The maximum Gasteiger partial charge on any atom is 0.508 e. The van der Waals surface area contributed by atoms with Gasteiger partial charge in [-0.2, -0.15) is 0 Å². The number of aliphatic carboxylic acids is 1. The minimum atomic E-state index is -1.35. The maximum absolute atomic E-state index is 12.4. The highest BCUT2D eigenvalue weighted by molar-refractivity contribution is 5.77. The first kappa shape index (κ1) is 30.9. The second-order valence-electron chi connectivity index (χ2n) is 9.58. The molecule has 0 heterocycles. The Bertz CT molecular complexity index is 897. The minimum Gasteiger partial charge on any atom is -0.480 e. The molecule has 0 aliphatic rings. The highest BCUT2D eigenvalue weighted by atomic mass is 16.7. The summed E-state index contributed by atoms with van der Waals surface area (Å²) in [4.78, 5) is 48.2. The second-order valence-corrected chi connectivity index (χ2v) is 9.58. The number of hydrogen-bond donors (Lipinski definition) is 2. The number of hydrogen-bond acceptors (Lipinski definition) is 9. The summed E-state index contributed by atoms with van der Waals surface area (Å²) in [6.07, 6.45) is -0.602. The summed E-state index contributed by atoms with van der Waals surface area (Å²) >= 11 is 0. The number of carbonyl (C=O) groups excluding carboxylic acids is 3. The third-order valence-electron chi connectivity index (χ3n) is 5.02. The van der Waals surface area contributed by atoms with Gasteiger partial charge in [-0.1, -0.05) is 40.7 Å². The molecule has 10 nitrogen and oxygen atoms in total. The number of benzene rings is 1. The van der Waals surface area contributed by atoms with Crippen molar-refractivity contribution in [3.8, 4) is 11.5 Å². The van der Waals surface area contributed by atoms with Crippen molar-refractivity contribution in [3.05, 3.63) is 23.8 Å². The Labute approximate surface area is 212 Å². The molecule has 0 spiro atoms. The molecule has 202 valence electrons. The molecule has 0 aliphatic carbocycles. The van der Waals surface area contributed by atoms with Crippen LogP contribution in [0.25, 0.3) is 0 Å². The molecule has 36 heavy (non-hydrogen) atoms. The first-order valence-electron chi connectivity index (χ1n) is 12.2. The summed E-state index contributed by atoms with van der Waals surface area (Å²) in [5.41, 5.74) is 6.39. The van der Waals surface area contributed by atoms with E-state index in [2.05, 4.69) is 0 Å². The zero-order valence-electron chi connectivity index (χ0n) is 21.9. The van der Waals surface area contributed by atoms with Gasteiger partial charge in [0.05, 0.1) is 6.61 Å². The molecule has 0 aliphatic heterocycles. The van der Waals surface area contributed by atoms with Gasteiger partial charge in [-0.15, -0.1) is 0 Å². The summed E-state index contributed by atoms with van der Waals surface area (Å²) in [7, 11) is 0. The Kier molecular flexibility index (Phi) is 12.9. The zero-order valence-corrected chi connectivity index (χ0v) is 21.9. The average Bonchev–Trinajstić information content (AvgIpc) is 2.75. The smallest absolute Gasteiger partial charge is 0.480 e. The van der Waals surface area contributed by atoms with Crippen LogP contribution in [-0.2, 0) is 23.9 Å².